The normalized spacial score (nSPS) is 18.2. The minimum Gasteiger partial charge on any atom is -0.338 e. The molecule has 1 aliphatic heterocycles. The van der Waals surface area contributed by atoms with Gasteiger partial charge >= 0.3 is 0 Å². The molecule has 1 atom stereocenters. The number of halogens is 1. The zero-order valence-electron chi connectivity index (χ0n) is 11.1. The van der Waals surface area contributed by atoms with Gasteiger partial charge in [-0.15, -0.1) is 0 Å². The van der Waals surface area contributed by atoms with Crippen molar-refractivity contribution in [3.8, 4) is 0 Å². The first-order valence-electron chi connectivity index (χ1n) is 6.84. The van der Waals surface area contributed by atoms with E-state index < -0.39 is 0 Å². The van der Waals surface area contributed by atoms with Gasteiger partial charge in [-0.3, -0.25) is 4.79 Å². The molecule has 0 aromatic heterocycles. The summed E-state index contributed by atoms with van der Waals surface area (Å²) in [7, 11) is 0. The van der Waals surface area contributed by atoms with Crippen molar-refractivity contribution in [2.45, 2.75) is 12.3 Å². The minimum atomic E-state index is -0.315. The molecule has 0 radical (unpaired) electrons. The Bertz CT molecular complexity index is 594. The second-order valence-electron chi connectivity index (χ2n) is 5.15. The molecule has 0 saturated carbocycles. The van der Waals surface area contributed by atoms with Gasteiger partial charge in [-0.1, -0.05) is 30.3 Å². The molecule has 0 aliphatic carbocycles. The number of carbonyl (C=O) groups excluding carboxylic acids is 1. The van der Waals surface area contributed by atoms with Crippen LogP contribution in [0, 0.1) is 5.82 Å². The van der Waals surface area contributed by atoms with Gasteiger partial charge in [0, 0.05) is 24.6 Å². The maximum atomic E-state index is 12.9. The van der Waals surface area contributed by atoms with Crippen LogP contribution in [0.4, 0.5) is 4.39 Å². The van der Waals surface area contributed by atoms with Crippen molar-refractivity contribution in [1.82, 2.24) is 4.90 Å². The third-order valence-corrected chi connectivity index (χ3v) is 3.84. The van der Waals surface area contributed by atoms with E-state index in [0.29, 0.717) is 11.5 Å². The lowest BCUT2D eigenvalue weighted by molar-refractivity contribution is 0.0790. The van der Waals surface area contributed by atoms with E-state index in [1.807, 2.05) is 23.1 Å². The van der Waals surface area contributed by atoms with Crippen LogP contribution >= 0.6 is 0 Å². The van der Waals surface area contributed by atoms with Crippen LogP contribution in [0.25, 0.3) is 0 Å². The van der Waals surface area contributed by atoms with Crippen molar-refractivity contribution in [3.63, 3.8) is 0 Å². The molecule has 3 heteroatoms. The highest BCUT2D eigenvalue weighted by atomic mass is 19.1. The predicted octanol–water partition coefficient (Wildman–Crippen LogP) is 3.46. The van der Waals surface area contributed by atoms with Crippen molar-refractivity contribution in [2.24, 2.45) is 0 Å². The minimum absolute atomic E-state index is 0.0107. The topological polar surface area (TPSA) is 20.3 Å². The zero-order valence-corrected chi connectivity index (χ0v) is 11.1. The Labute approximate surface area is 117 Å². The number of benzene rings is 2. The lowest BCUT2D eigenvalue weighted by Crippen LogP contribution is -2.28. The summed E-state index contributed by atoms with van der Waals surface area (Å²) in [6, 6.07) is 16.0. The smallest absolute Gasteiger partial charge is 0.253 e. The lowest BCUT2D eigenvalue weighted by atomic mass is 9.99. The molecule has 1 aliphatic rings. The molecule has 2 nitrogen and oxygen atoms in total. The molecule has 2 aromatic carbocycles. The van der Waals surface area contributed by atoms with E-state index in [-0.39, 0.29) is 11.7 Å². The molecule has 1 fully saturated rings. The van der Waals surface area contributed by atoms with Gasteiger partial charge in [0.1, 0.15) is 5.82 Å². The largest absolute Gasteiger partial charge is 0.338 e. The van der Waals surface area contributed by atoms with Gasteiger partial charge < -0.3 is 4.90 Å². The van der Waals surface area contributed by atoms with Crippen LogP contribution in [0.15, 0.2) is 54.6 Å². The van der Waals surface area contributed by atoms with Crippen LogP contribution in [0.2, 0.25) is 0 Å². The first kappa shape index (κ1) is 12.9. The Morgan fingerprint density at radius 1 is 1.05 bits per heavy atom. The third-order valence-electron chi connectivity index (χ3n) is 3.84. The van der Waals surface area contributed by atoms with Gasteiger partial charge in [-0.2, -0.15) is 0 Å². The van der Waals surface area contributed by atoms with E-state index in [9.17, 15) is 9.18 Å². The maximum Gasteiger partial charge on any atom is 0.253 e. The highest BCUT2D eigenvalue weighted by molar-refractivity contribution is 5.94. The molecule has 1 amide bonds. The van der Waals surface area contributed by atoms with Gasteiger partial charge in [0.05, 0.1) is 0 Å². The highest BCUT2D eigenvalue weighted by Gasteiger charge is 2.27. The molecule has 0 spiro atoms. The molecule has 20 heavy (non-hydrogen) atoms. The Hall–Kier alpha value is -2.16. The van der Waals surface area contributed by atoms with Crippen molar-refractivity contribution < 1.29 is 9.18 Å². The molecular formula is C17H16FNO. The first-order chi connectivity index (χ1) is 9.74. The molecule has 3 rings (SSSR count). The summed E-state index contributed by atoms with van der Waals surface area (Å²) in [5, 5.41) is 0. The van der Waals surface area contributed by atoms with E-state index in [0.717, 1.165) is 19.5 Å². The van der Waals surface area contributed by atoms with Gasteiger partial charge in [0.25, 0.3) is 5.91 Å². The van der Waals surface area contributed by atoms with E-state index in [4.69, 9.17) is 0 Å². The average molecular weight is 269 g/mol. The van der Waals surface area contributed by atoms with Crippen LogP contribution < -0.4 is 0 Å². The van der Waals surface area contributed by atoms with Crippen molar-refractivity contribution in [1.29, 1.82) is 0 Å². The SMILES string of the molecule is O=C(c1ccc(F)cc1)N1CC[C@@H](c2ccccc2)C1. The van der Waals surface area contributed by atoms with E-state index in [1.165, 1.54) is 17.7 Å². The molecule has 2 aromatic rings. The van der Waals surface area contributed by atoms with Crippen molar-refractivity contribution >= 4 is 5.91 Å². The number of carbonyl (C=O) groups is 1. The Morgan fingerprint density at radius 2 is 1.75 bits per heavy atom. The number of likely N-dealkylation sites (tertiary alicyclic amines) is 1. The van der Waals surface area contributed by atoms with Crippen LogP contribution in [-0.4, -0.2) is 23.9 Å². The molecule has 102 valence electrons. The average Bonchev–Trinajstić information content (AvgIpc) is 2.98. The third kappa shape index (κ3) is 2.57. The van der Waals surface area contributed by atoms with Crippen molar-refractivity contribution in [3.05, 3.63) is 71.5 Å². The van der Waals surface area contributed by atoms with Gasteiger partial charge in [0.2, 0.25) is 0 Å². The second kappa shape index (κ2) is 5.45. The molecule has 0 bridgehead atoms. The van der Waals surface area contributed by atoms with E-state index in [1.54, 1.807) is 12.1 Å². The maximum absolute atomic E-state index is 12.9. The highest BCUT2D eigenvalue weighted by Crippen LogP contribution is 2.27. The molecule has 0 unspecified atom stereocenters. The zero-order chi connectivity index (χ0) is 13.9. The summed E-state index contributed by atoms with van der Waals surface area (Å²) < 4.78 is 12.9. The Morgan fingerprint density at radius 3 is 2.45 bits per heavy atom. The summed E-state index contributed by atoms with van der Waals surface area (Å²) in [5.74, 6) is 0.0779. The predicted molar refractivity (Wildman–Crippen MR) is 76.1 cm³/mol. The Balaban J connectivity index is 1.71. The summed E-state index contributed by atoms with van der Waals surface area (Å²) in [5.41, 5.74) is 1.84. The summed E-state index contributed by atoms with van der Waals surface area (Å²) in [6.45, 7) is 1.50. The monoisotopic (exact) mass is 269 g/mol. The fourth-order valence-corrected chi connectivity index (χ4v) is 2.72. The van der Waals surface area contributed by atoms with Crippen LogP contribution in [-0.2, 0) is 0 Å². The van der Waals surface area contributed by atoms with Crippen LogP contribution in [0.3, 0.4) is 0 Å². The summed E-state index contributed by atoms with van der Waals surface area (Å²) >= 11 is 0. The van der Waals surface area contributed by atoms with Crippen molar-refractivity contribution in [2.75, 3.05) is 13.1 Å². The molecular weight excluding hydrogens is 253 g/mol. The quantitative estimate of drug-likeness (QED) is 0.817. The molecule has 1 heterocycles. The van der Waals surface area contributed by atoms with Gasteiger partial charge in [-0.05, 0) is 36.2 Å². The Kier molecular flexibility index (Phi) is 3.50. The molecule has 0 N–H and O–H groups in total. The first-order valence-corrected chi connectivity index (χ1v) is 6.84. The fraction of sp³-hybridized carbons (Fsp3) is 0.235. The second-order valence-corrected chi connectivity index (χ2v) is 5.15. The summed E-state index contributed by atoms with van der Waals surface area (Å²) in [6.07, 6.45) is 0.983. The van der Waals surface area contributed by atoms with Crippen LogP contribution in [0.1, 0.15) is 28.3 Å². The molecule has 1 saturated heterocycles. The summed E-state index contributed by atoms with van der Waals surface area (Å²) in [4.78, 5) is 14.2. The van der Waals surface area contributed by atoms with E-state index >= 15 is 0 Å². The fourth-order valence-electron chi connectivity index (χ4n) is 2.72. The van der Waals surface area contributed by atoms with Gasteiger partial charge in [-0.25, -0.2) is 4.39 Å². The van der Waals surface area contributed by atoms with Gasteiger partial charge in [0.15, 0.2) is 0 Å². The van der Waals surface area contributed by atoms with Crippen LogP contribution in [0.5, 0.6) is 0 Å². The number of amides is 1. The van der Waals surface area contributed by atoms with E-state index in [2.05, 4.69) is 12.1 Å². The number of nitrogens with zero attached hydrogens (tertiary/aromatic N) is 1. The number of hydrogen-bond acceptors (Lipinski definition) is 1. The number of rotatable bonds is 2. The number of hydrogen-bond donors (Lipinski definition) is 0. The lowest BCUT2D eigenvalue weighted by Gasteiger charge is -2.16. The standard InChI is InChI=1S/C17H16FNO/c18-16-8-6-14(7-9-16)17(20)19-11-10-15(12-19)13-4-2-1-3-5-13/h1-9,15H,10-12H2/t15-/m1/s1.